The summed E-state index contributed by atoms with van der Waals surface area (Å²) in [6, 6.07) is 8.67. The number of likely N-dealkylation sites (N-methyl/N-ethyl adjacent to an activating group) is 2. The molecule has 0 radical (unpaired) electrons. The van der Waals surface area contributed by atoms with E-state index in [1.165, 1.54) is 11.0 Å². The fourth-order valence-corrected chi connectivity index (χ4v) is 4.24. The van der Waals surface area contributed by atoms with Crippen molar-refractivity contribution in [2.75, 3.05) is 66.5 Å². The monoisotopic (exact) mass is 374 g/mol. The van der Waals surface area contributed by atoms with Crippen molar-refractivity contribution in [2.24, 2.45) is 0 Å². The summed E-state index contributed by atoms with van der Waals surface area (Å²) in [5.74, 6) is 0. The third-order valence-corrected chi connectivity index (χ3v) is 6.24. The van der Waals surface area contributed by atoms with Gasteiger partial charge in [0, 0.05) is 52.4 Å². The van der Waals surface area contributed by atoms with Gasteiger partial charge in [-0.3, -0.25) is 9.80 Å². The van der Waals surface area contributed by atoms with E-state index < -0.39 is 0 Å². The van der Waals surface area contributed by atoms with Crippen LogP contribution in [0.5, 0.6) is 0 Å². The Kier molecular flexibility index (Phi) is 5.42. The Balaban J connectivity index is 1.60. The minimum atomic E-state index is 0.892. The second kappa shape index (κ2) is 7.78. The fourth-order valence-electron chi connectivity index (χ4n) is 3.92. The van der Waals surface area contributed by atoms with E-state index in [2.05, 4.69) is 67.1 Å². The van der Waals surface area contributed by atoms with Gasteiger partial charge in [-0.05, 0) is 38.4 Å². The van der Waals surface area contributed by atoms with Crippen molar-refractivity contribution in [3.8, 4) is 0 Å². The summed E-state index contributed by atoms with van der Waals surface area (Å²) < 4.78 is 5.60. The van der Waals surface area contributed by atoms with Crippen molar-refractivity contribution in [3.05, 3.63) is 29.0 Å². The van der Waals surface area contributed by atoms with E-state index in [0.717, 1.165) is 70.5 Å². The van der Waals surface area contributed by atoms with Crippen LogP contribution in [0, 0.1) is 4.77 Å². The number of imidazole rings is 1. The quantitative estimate of drug-likeness (QED) is 0.756. The first-order valence-electron chi connectivity index (χ1n) is 9.62. The first-order valence-corrected chi connectivity index (χ1v) is 10.0. The molecule has 2 aromatic rings. The summed E-state index contributed by atoms with van der Waals surface area (Å²) in [6.07, 6.45) is 0. The van der Waals surface area contributed by atoms with Crippen LogP contribution in [-0.2, 0) is 13.3 Å². The lowest BCUT2D eigenvalue weighted by Crippen LogP contribution is -2.45. The van der Waals surface area contributed by atoms with Crippen molar-refractivity contribution in [1.82, 2.24) is 28.7 Å². The van der Waals surface area contributed by atoms with E-state index in [4.69, 9.17) is 12.2 Å². The highest BCUT2D eigenvalue weighted by Gasteiger charge is 2.19. The molecule has 142 valence electrons. The van der Waals surface area contributed by atoms with E-state index in [0.29, 0.717) is 0 Å². The molecule has 0 amide bonds. The van der Waals surface area contributed by atoms with Gasteiger partial charge < -0.3 is 18.9 Å². The van der Waals surface area contributed by atoms with Crippen molar-refractivity contribution >= 4 is 23.3 Å². The Hall–Kier alpha value is -1.25. The number of fused-ring (bicyclic) bond motifs is 1. The first-order chi connectivity index (χ1) is 12.6. The largest absolute Gasteiger partial charge is 0.304 e. The second-order valence-corrected chi connectivity index (χ2v) is 8.12. The Labute approximate surface area is 161 Å². The lowest BCUT2D eigenvalue weighted by atomic mass is 10.3. The molecule has 6 nitrogen and oxygen atoms in total. The van der Waals surface area contributed by atoms with Gasteiger partial charge in [0.2, 0.25) is 0 Å². The number of aromatic nitrogens is 2. The third-order valence-electron chi connectivity index (χ3n) is 5.80. The molecular weight excluding hydrogens is 344 g/mol. The van der Waals surface area contributed by atoms with Crippen LogP contribution in [0.15, 0.2) is 24.3 Å². The van der Waals surface area contributed by atoms with Crippen molar-refractivity contribution < 1.29 is 0 Å². The summed E-state index contributed by atoms with van der Waals surface area (Å²) in [6.45, 7) is 10.7. The topological polar surface area (TPSA) is 22.8 Å². The zero-order valence-electron chi connectivity index (χ0n) is 16.0. The summed E-state index contributed by atoms with van der Waals surface area (Å²) in [7, 11) is 4.40. The molecule has 0 spiro atoms. The smallest absolute Gasteiger partial charge is 0.183 e. The zero-order valence-corrected chi connectivity index (χ0v) is 16.8. The molecule has 0 atom stereocenters. The molecule has 2 aliphatic rings. The van der Waals surface area contributed by atoms with E-state index in [1.807, 2.05) is 0 Å². The molecule has 2 fully saturated rings. The van der Waals surface area contributed by atoms with Crippen LogP contribution in [0.1, 0.15) is 0 Å². The van der Waals surface area contributed by atoms with Gasteiger partial charge in [-0.15, -0.1) is 0 Å². The van der Waals surface area contributed by atoms with Gasteiger partial charge in [-0.25, -0.2) is 0 Å². The van der Waals surface area contributed by atoms with Gasteiger partial charge in [0.05, 0.1) is 24.4 Å². The summed E-state index contributed by atoms with van der Waals surface area (Å²) in [5.41, 5.74) is 2.51. The molecule has 7 heteroatoms. The van der Waals surface area contributed by atoms with E-state index in [-0.39, 0.29) is 0 Å². The normalized spacial score (nSPS) is 21.6. The maximum Gasteiger partial charge on any atom is 0.183 e. The zero-order chi connectivity index (χ0) is 18.1. The van der Waals surface area contributed by atoms with E-state index in [1.54, 1.807) is 0 Å². The first kappa shape index (κ1) is 18.1. The molecular formula is C19H30N6S. The minimum Gasteiger partial charge on any atom is -0.304 e. The van der Waals surface area contributed by atoms with Gasteiger partial charge in [0.25, 0.3) is 0 Å². The highest BCUT2D eigenvalue weighted by Crippen LogP contribution is 2.20. The Morgan fingerprint density at radius 3 is 1.46 bits per heavy atom. The summed E-state index contributed by atoms with van der Waals surface area (Å²) >= 11 is 5.93. The molecule has 2 saturated heterocycles. The average molecular weight is 375 g/mol. The van der Waals surface area contributed by atoms with Crippen LogP contribution in [0.25, 0.3) is 11.0 Å². The molecule has 0 unspecified atom stereocenters. The van der Waals surface area contributed by atoms with Crippen LogP contribution in [0.4, 0.5) is 0 Å². The molecule has 0 aliphatic carbocycles. The maximum atomic E-state index is 5.93. The maximum absolute atomic E-state index is 5.93. The number of para-hydroxylation sites is 2. The number of nitrogens with zero attached hydrogens (tertiary/aromatic N) is 6. The van der Waals surface area contributed by atoms with Crippen molar-refractivity contribution in [1.29, 1.82) is 0 Å². The Morgan fingerprint density at radius 1 is 0.692 bits per heavy atom. The highest BCUT2D eigenvalue weighted by atomic mass is 32.1. The lowest BCUT2D eigenvalue weighted by Gasteiger charge is -2.33. The van der Waals surface area contributed by atoms with Gasteiger partial charge in [0.15, 0.2) is 4.77 Å². The van der Waals surface area contributed by atoms with Gasteiger partial charge >= 0.3 is 0 Å². The second-order valence-electron chi connectivity index (χ2n) is 7.75. The van der Waals surface area contributed by atoms with Gasteiger partial charge in [-0.1, -0.05) is 12.1 Å². The SMILES string of the molecule is CN1CCN(Cn2c(=S)n(CN3CCN(C)CC3)c3ccccc32)CC1. The van der Waals surface area contributed by atoms with Crippen molar-refractivity contribution in [3.63, 3.8) is 0 Å². The molecule has 0 N–H and O–H groups in total. The molecule has 0 saturated carbocycles. The summed E-state index contributed by atoms with van der Waals surface area (Å²) in [4.78, 5) is 9.82. The third kappa shape index (κ3) is 3.73. The Morgan fingerprint density at radius 2 is 1.08 bits per heavy atom. The Bertz CT molecular complexity index is 732. The number of hydrogen-bond donors (Lipinski definition) is 0. The van der Waals surface area contributed by atoms with Crippen LogP contribution in [-0.4, -0.2) is 95.2 Å². The molecule has 26 heavy (non-hydrogen) atoms. The van der Waals surface area contributed by atoms with E-state index >= 15 is 0 Å². The number of rotatable bonds is 4. The standard InChI is InChI=1S/C19H30N6S/c1-20-7-11-22(12-8-20)15-24-17-5-3-4-6-18(17)25(19(24)26)16-23-13-9-21(2)10-14-23/h3-6H,7-16H2,1-2H3. The predicted molar refractivity (Wildman–Crippen MR) is 109 cm³/mol. The minimum absolute atomic E-state index is 0.892. The predicted octanol–water partition coefficient (Wildman–Crippen LogP) is 1.58. The van der Waals surface area contributed by atoms with Crippen LogP contribution >= 0.6 is 12.2 Å². The number of piperazine rings is 2. The highest BCUT2D eigenvalue weighted by molar-refractivity contribution is 7.71. The number of hydrogen-bond acceptors (Lipinski definition) is 5. The summed E-state index contributed by atoms with van der Waals surface area (Å²) in [5, 5.41) is 0. The van der Waals surface area contributed by atoms with Crippen LogP contribution in [0.2, 0.25) is 0 Å². The molecule has 1 aromatic heterocycles. The lowest BCUT2D eigenvalue weighted by molar-refractivity contribution is 0.119. The molecule has 3 heterocycles. The van der Waals surface area contributed by atoms with Crippen LogP contribution in [0.3, 0.4) is 0 Å². The average Bonchev–Trinajstić information content (AvgIpc) is 2.91. The molecule has 0 bridgehead atoms. The molecule has 2 aliphatic heterocycles. The van der Waals surface area contributed by atoms with Crippen LogP contribution < -0.4 is 0 Å². The fraction of sp³-hybridized carbons (Fsp3) is 0.632. The molecule has 1 aromatic carbocycles. The van der Waals surface area contributed by atoms with Gasteiger partial charge in [-0.2, -0.15) is 0 Å². The van der Waals surface area contributed by atoms with E-state index in [9.17, 15) is 0 Å². The molecule has 4 rings (SSSR count). The number of benzene rings is 1. The van der Waals surface area contributed by atoms with Gasteiger partial charge in [0.1, 0.15) is 0 Å². The van der Waals surface area contributed by atoms with Crippen molar-refractivity contribution in [2.45, 2.75) is 13.3 Å².